The van der Waals surface area contributed by atoms with Gasteiger partial charge in [0.05, 0.1) is 5.56 Å². The van der Waals surface area contributed by atoms with Gasteiger partial charge in [-0.1, -0.05) is 30.3 Å². The number of hydrogen-bond acceptors (Lipinski definition) is 2. The van der Waals surface area contributed by atoms with Gasteiger partial charge in [0.1, 0.15) is 23.2 Å². The largest absolute Gasteiger partial charge is 0.461 e. The van der Waals surface area contributed by atoms with Gasteiger partial charge in [0.25, 0.3) is 5.91 Å². The summed E-state index contributed by atoms with van der Waals surface area (Å²) >= 11 is 0. The van der Waals surface area contributed by atoms with E-state index >= 15 is 0 Å². The SMILES string of the molecule is Cc1oc(-c2ccccc2)cc1C(=O)Nc1cc(F)cc(F)c1. The zero-order valence-corrected chi connectivity index (χ0v) is 12.3. The van der Waals surface area contributed by atoms with E-state index < -0.39 is 17.5 Å². The Labute approximate surface area is 131 Å². The fraction of sp³-hybridized carbons (Fsp3) is 0.0556. The van der Waals surface area contributed by atoms with Crippen molar-refractivity contribution in [2.45, 2.75) is 6.92 Å². The van der Waals surface area contributed by atoms with E-state index in [0.29, 0.717) is 17.1 Å². The summed E-state index contributed by atoms with van der Waals surface area (Å²) in [7, 11) is 0. The molecule has 23 heavy (non-hydrogen) atoms. The molecule has 5 heteroatoms. The maximum Gasteiger partial charge on any atom is 0.259 e. The molecule has 0 saturated heterocycles. The van der Waals surface area contributed by atoms with Crippen molar-refractivity contribution in [2.75, 3.05) is 5.32 Å². The summed E-state index contributed by atoms with van der Waals surface area (Å²) in [5.41, 5.74) is 1.20. The molecule has 2 aromatic carbocycles. The first-order chi connectivity index (χ1) is 11.0. The number of carbonyl (C=O) groups is 1. The zero-order chi connectivity index (χ0) is 16.4. The van der Waals surface area contributed by atoms with E-state index in [1.807, 2.05) is 30.3 Å². The molecule has 0 unspecified atom stereocenters. The third-order valence-corrected chi connectivity index (χ3v) is 3.34. The molecule has 1 N–H and O–H groups in total. The quantitative estimate of drug-likeness (QED) is 0.755. The fourth-order valence-electron chi connectivity index (χ4n) is 2.28. The Bertz CT molecular complexity index is 836. The molecule has 0 aliphatic rings. The monoisotopic (exact) mass is 313 g/mol. The molecule has 0 saturated carbocycles. The Kier molecular flexibility index (Phi) is 3.93. The lowest BCUT2D eigenvalue weighted by atomic mass is 10.1. The van der Waals surface area contributed by atoms with Crippen molar-refractivity contribution in [3.63, 3.8) is 0 Å². The van der Waals surface area contributed by atoms with Gasteiger partial charge in [-0.3, -0.25) is 4.79 Å². The maximum atomic E-state index is 13.2. The van der Waals surface area contributed by atoms with Crippen LogP contribution in [-0.2, 0) is 0 Å². The second-order valence-electron chi connectivity index (χ2n) is 5.06. The van der Waals surface area contributed by atoms with E-state index in [-0.39, 0.29) is 5.69 Å². The topological polar surface area (TPSA) is 42.2 Å². The Hall–Kier alpha value is -2.95. The normalized spacial score (nSPS) is 10.6. The minimum atomic E-state index is -0.755. The Morgan fingerprint density at radius 3 is 2.30 bits per heavy atom. The van der Waals surface area contributed by atoms with Crippen molar-refractivity contribution in [3.8, 4) is 11.3 Å². The van der Waals surface area contributed by atoms with E-state index in [9.17, 15) is 13.6 Å². The number of halogens is 2. The van der Waals surface area contributed by atoms with Crippen LogP contribution in [0.1, 0.15) is 16.1 Å². The lowest BCUT2D eigenvalue weighted by Crippen LogP contribution is -2.12. The summed E-state index contributed by atoms with van der Waals surface area (Å²) in [6, 6.07) is 13.8. The number of hydrogen-bond donors (Lipinski definition) is 1. The molecular weight excluding hydrogens is 300 g/mol. The van der Waals surface area contributed by atoms with Gasteiger partial charge < -0.3 is 9.73 Å². The molecule has 0 fully saturated rings. The van der Waals surface area contributed by atoms with Crippen molar-refractivity contribution < 1.29 is 18.0 Å². The van der Waals surface area contributed by atoms with Gasteiger partial charge in [-0.25, -0.2) is 8.78 Å². The van der Waals surface area contributed by atoms with Gasteiger partial charge in [0, 0.05) is 17.3 Å². The lowest BCUT2D eigenvalue weighted by Gasteiger charge is -2.04. The van der Waals surface area contributed by atoms with Crippen molar-refractivity contribution in [1.29, 1.82) is 0 Å². The first-order valence-electron chi connectivity index (χ1n) is 6.96. The highest BCUT2D eigenvalue weighted by atomic mass is 19.1. The van der Waals surface area contributed by atoms with Crippen molar-refractivity contribution in [2.24, 2.45) is 0 Å². The Morgan fingerprint density at radius 1 is 1.00 bits per heavy atom. The average molecular weight is 313 g/mol. The number of amides is 1. The second kappa shape index (κ2) is 6.04. The van der Waals surface area contributed by atoms with Crippen LogP contribution in [0.2, 0.25) is 0 Å². The summed E-state index contributed by atoms with van der Waals surface area (Å²) in [6.07, 6.45) is 0. The molecule has 1 aromatic heterocycles. The first kappa shape index (κ1) is 15.0. The highest BCUT2D eigenvalue weighted by Crippen LogP contribution is 2.26. The molecule has 0 atom stereocenters. The molecule has 3 nitrogen and oxygen atoms in total. The van der Waals surface area contributed by atoms with Crippen LogP contribution in [0, 0.1) is 18.6 Å². The van der Waals surface area contributed by atoms with Gasteiger partial charge >= 0.3 is 0 Å². The summed E-state index contributed by atoms with van der Waals surface area (Å²) < 4.78 is 31.9. The molecule has 0 aliphatic carbocycles. The summed E-state index contributed by atoms with van der Waals surface area (Å²) in [5, 5.41) is 2.47. The van der Waals surface area contributed by atoms with Gasteiger partial charge in [0.2, 0.25) is 0 Å². The van der Waals surface area contributed by atoms with Crippen LogP contribution < -0.4 is 5.32 Å². The zero-order valence-electron chi connectivity index (χ0n) is 12.3. The number of rotatable bonds is 3. The van der Waals surface area contributed by atoms with Crippen LogP contribution in [0.5, 0.6) is 0 Å². The van der Waals surface area contributed by atoms with Gasteiger partial charge in [0.15, 0.2) is 0 Å². The number of anilines is 1. The molecular formula is C18H13F2NO2. The van der Waals surface area contributed by atoms with E-state index in [4.69, 9.17) is 4.42 Å². The van der Waals surface area contributed by atoms with Crippen LogP contribution in [0.25, 0.3) is 11.3 Å². The van der Waals surface area contributed by atoms with Crippen molar-refractivity contribution >= 4 is 11.6 Å². The number of nitrogens with one attached hydrogen (secondary N) is 1. The lowest BCUT2D eigenvalue weighted by molar-refractivity contribution is 0.102. The standard InChI is InChI=1S/C18H13F2NO2/c1-11-16(10-17(23-11)12-5-3-2-4-6-12)18(22)21-15-8-13(19)7-14(20)9-15/h2-10H,1H3,(H,21,22). The highest BCUT2D eigenvalue weighted by Gasteiger charge is 2.16. The molecule has 0 bridgehead atoms. The predicted molar refractivity (Wildman–Crippen MR) is 83.2 cm³/mol. The average Bonchev–Trinajstić information content (AvgIpc) is 2.89. The number of aryl methyl sites for hydroxylation is 1. The van der Waals surface area contributed by atoms with Crippen LogP contribution >= 0.6 is 0 Å². The fourth-order valence-corrected chi connectivity index (χ4v) is 2.28. The minimum Gasteiger partial charge on any atom is -0.461 e. The number of furan rings is 1. The van der Waals surface area contributed by atoms with Crippen LogP contribution in [0.15, 0.2) is 59.0 Å². The smallest absolute Gasteiger partial charge is 0.259 e. The second-order valence-corrected chi connectivity index (χ2v) is 5.06. The van der Waals surface area contributed by atoms with E-state index in [1.54, 1.807) is 13.0 Å². The van der Waals surface area contributed by atoms with Crippen LogP contribution in [-0.4, -0.2) is 5.91 Å². The summed E-state index contributed by atoms with van der Waals surface area (Å²) in [5.74, 6) is -1.02. The third-order valence-electron chi connectivity index (χ3n) is 3.34. The van der Waals surface area contributed by atoms with E-state index in [2.05, 4.69) is 5.32 Å². The molecule has 0 spiro atoms. The summed E-state index contributed by atoms with van der Waals surface area (Å²) in [6.45, 7) is 1.66. The maximum absolute atomic E-state index is 13.2. The van der Waals surface area contributed by atoms with E-state index in [0.717, 1.165) is 23.8 Å². The number of benzene rings is 2. The third kappa shape index (κ3) is 3.29. The highest BCUT2D eigenvalue weighted by molar-refractivity contribution is 6.05. The molecule has 0 aliphatic heterocycles. The van der Waals surface area contributed by atoms with Crippen molar-refractivity contribution in [3.05, 3.63) is 77.6 Å². The first-order valence-corrected chi connectivity index (χ1v) is 6.96. The molecule has 0 radical (unpaired) electrons. The van der Waals surface area contributed by atoms with Gasteiger partial charge in [-0.05, 0) is 25.1 Å². The molecule has 116 valence electrons. The number of carbonyl (C=O) groups excluding carboxylic acids is 1. The molecule has 3 rings (SSSR count). The predicted octanol–water partition coefficient (Wildman–Crippen LogP) is 4.79. The molecule has 3 aromatic rings. The Morgan fingerprint density at radius 2 is 1.65 bits per heavy atom. The van der Waals surface area contributed by atoms with Crippen LogP contribution in [0.4, 0.5) is 14.5 Å². The van der Waals surface area contributed by atoms with Crippen LogP contribution in [0.3, 0.4) is 0 Å². The molecule has 1 heterocycles. The summed E-state index contributed by atoms with van der Waals surface area (Å²) in [4.78, 5) is 12.3. The van der Waals surface area contributed by atoms with Gasteiger partial charge in [-0.2, -0.15) is 0 Å². The van der Waals surface area contributed by atoms with Gasteiger partial charge in [-0.15, -0.1) is 0 Å². The van der Waals surface area contributed by atoms with Crippen molar-refractivity contribution in [1.82, 2.24) is 0 Å². The Balaban J connectivity index is 1.87. The van der Waals surface area contributed by atoms with E-state index in [1.165, 1.54) is 0 Å². The minimum absolute atomic E-state index is 0.0503. The molecule has 1 amide bonds.